The lowest BCUT2D eigenvalue weighted by Gasteiger charge is -2.14. The van der Waals surface area contributed by atoms with Crippen molar-refractivity contribution in [1.29, 1.82) is 0 Å². The lowest BCUT2D eigenvalue weighted by atomic mass is 10.3. The van der Waals surface area contributed by atoms with Crippen LogP contribution in [0.5, 0.6) is 0 Å². The Labute approximate surface area is 125 Å². The number of hydrogen-bond donors (Lipinski definition) is 2. The second-order valence-corrected chi connectivity index (χ2v) is 5.15. The van der Waals surface area contributed by atoms with E-state index in [0.29, 0.717) is 6.54 Å². The second kappa shape index (κ2) is 7.22. The first-order valence-corrected chi connectivity index (χ1v) is 7.62. The molecule has 1 unspecified atom stereocenters. The summed E-state index contributed by atoms with van der Waals surface area (Å²) in [5.41, 5.74) is 2.14. The Morgan fingerprint density at radius 3 is 2.81 bits per heavy atom. The van der Waals surface area contributed by atoms with E-state index in [4.69, 9.17) is 0 Å². The Morgan fingerprint density at radius 1 is 1.33 bits per heavy atom. The van der Waals surface area contributed by atoms with E-state index >= 15 is 0 Å². The molecule has 0 aliphatic heterocycles. The molecule has 1 amide bonds. The molecule has 0 aliphatic carbocycles. The molecular formula is C16H24N4O. The van der Waals surface area contributed by atoms with Crippen molar-refractivity contribution in [3.8, 4) is 0 Å². The average Bonchev–Trinajstić information content (AvgIpc) is 2.87. The molecular weight excluding hydrogens is 264 g/mol. The van der Waals surface area contributed by atoms with Gasteiger partial charge >= 0.3 is 0 Å². The highest BCUT2D eigenvalue weighted by molar-refractivity contribution is 5.81. The second-order valence-electron chi connectivity index (χ2n) is 5.15. The van der Waals surface area contributed by atoms with Gasteiger partial charge in [0.05, 0.1) is 23.6 Å². The van der Waals surface area contributed by atoms with Crippen LogP contribution in [0, 0.1) is 0 Å². The fourth-order valence-corrected chi connectivity index (χ4v) is 2.35. The standard InChI is InChI=1S/C16H24N4O/c1-4-10-17-16(21)12(3)18-11-15-19-13-8-6-7-9-14(13)20(15)5-2/h6-9,12,18H,4-5,10-11H2,1-3H3,(H,17,21). The molecule has 114 valence electrons. The molecule has 0 fully saturated rings. The van der Waals surface area contributed by atoms with E-state index in [2.05, 4.69) is 33.2 Å². The van der Waals surface area contributed by atoms with Crippen LogP contribution < -0.4 is 10.6 Å². The summed E-state index contributed by atoms with van der Waals surface area (Å²) in [5.74, 6) is 1.00. The Hall–Kier alpha value is -1.88. The number of para-hydroxylation sites is 2. The van der Waals surface area contributed by atoms with Crippen molar-refractivity contribution in [3.05, 3.63) is 30.1 Å². The van der Waals surface area contributed by atoms with Crippen LogP contribution in [0.1, 0.15) is 33.0 Å². The summed E-state index contributed by atoms with van der Waals surface area (Å²) >= 11 is 0. The van der Waals surface area contributed by atoms with Crippen molar-refractivity contribution in [1.82, 2.24) is 20.2 Å². The van der Waals surface area contributed by atoms with Gasteiger partial charge in [0.1, 0.15) is 5.82 Å². The highest BCUT2D eigenvalue weighted by atomic mass is 16.2. The summed E-state index contributed by atoms with van der Waals surface area (Å²) in [5, 5.41) is 6.14. The maximum absolute atomic E-state index is 11.8. The first kappa shape index (κ1) is 15.5. The first-order valence-electron chi connectivity index (χ1n) is 7.62. The molecule has 0 saturated heterocycles. The van der Waals surface area contributed by atoms with E-state index in [0.717, 1.165) is 36.4 Å². The summed E-state index contributed by atoms with van der Waals surface area (Å²) < 4.78 is 2.18. The third-order valence-electron chi connectivity index (χ3n) is 3.56. The maximum atomic E-state index is 11.8. The number of fused-ring (bicyclic) bond motifs is 1. The van der Waals surface area contributed by atoms with Crippen LogP contribution in [0.4, 0.5) is 0 Å². The largest absolute Gasteiger partial charge is 0.355 e. The van der Waals surface area contributed by atoms with E-state index in [1.807, 2.05) is 32.0 Å². The Kier molecular flexibility index (Phi) is 5.33. The maximum Gasteiger partial charge on any atom is 0.236 e. The molecule has 0 bridgehead atoms. The molecule has 21 heavy (non-hydrogen) atoms. The van der Waals surface area contributed by atoms with Crippen LogP contribution in [0.3, 0.4) is 0 Å². The number of benzene rings is 1. The minimum absolute atomic E-state index is 0.0380. The van der Waals surface area contributed by atoms with Gasteiger partial charge in [-0.2, -0.15) is 0 Å². The van der Waals surface area contributed by atoms with Crippen molar-refractivity contribution < 1.29 is 4.79 Å². The summed E-state index contributed by atoms with van der Waals surface area (Å²) in [6.45, 7) is 8.20. The molecule has 5 heteroatoms. The van der Waals surface area contributed by atoms with E-state index < -0.39 is 0 Å². The van der Waals surface area contributed by atoms with Crippen LogP contribution in [0.2, 0.25) is 0 Å². The summed E-state index contributed by atoms with van der Waals surface area (Å²) in [4.78, 5) is 16.5. The fourth-order valence-electron chi connectivity index (χ4n) is 2.35. The molecule has 0 aliphatic rings. The van der Waals surface area contributed by atoms with Gasteiger partial charge in [-0.1, -0.05) is 19.1 Å². The third kappa shape index (κ3) is 3.61. The fraction of sp³-hybridized carbons (Fsp3) is 0.500. The predicted octanol–water partition coefficient (Wildman–Crippen LogP) is 2.06. The van der Waals surface area contributed by atoms with Gasteiger partial charge in [0.25, 0.3) is 0 Å². The highest BCUT2D eigenvalue weighted by Crippen LogP contribution is 2.15. The summed E-state index contributed by atoms with van der Waals surface area (Å²) in [7, 11) is 0. The summed E-state index contributed by atoms with van der Waals surface area (Å²) in [6.07, 6.45) is 0.949. The molecule has 1 atom stereocenters. The first-order chi connectivity index (χ1) is 10.2. The third-order valence-corrected chi connectivity index (χ3v) is 3.56. The monoisotopic (exact) mass is 288 g/mol. The average molecular weight is 288 g/mol. The predicted molar refractivity (Wildman–Crippen MR) is 85.0 cm³/mol. The van der Waals surface area contributed by atoms with E-state index in [1.54, 1.807) is 0 Å². The number of amides is 1. The Balaban J connectivity index is 2.04. The zero-order chi connectivity index (χ0) is 15.2. The van der Waals surface area contributed by atoms with Crippen molar-refractivity contribution >= 4 is 16.9 Å². The normalized spacial score (nSPS) is 12.5. The highest BCUT2D eigenvalue weighted by Gasteiger charge is 2.14. The SMILES string of the molecule is CCCNC(=O)C(C)NCc1nc2ccccc2n1CC. The number of aromatic nitrogens is 2. The van der Waals surface area contributed by atoms with Crippen LogP contribution >= 0.6 is 0 Å². The van der Waals surface area contributed by atoms with Crippen LogP contribution in [-0.4, -0.2) is 28.0 Å². The van der Waals surface area contributed by atoms with Gasteiger partial charge in [0, 0.05) is 13.1 Å². The number of carbonyl (C=O) groups is 1. The van der Waals surface area contributed by atoms with Gasteiger partial charge < -0.3 is 9.88 Å². The van der Waals surface area contributed by atoms with Crippen molar-refractivity contribution in [2.75, 3.05) is 6.54 Å². The lowest BCUT2D eigenvalue weighted by Crippen LogP contribution is -2.42. The van der Waals surface area contributed by atoms with Gasteiger partial charge in [-0.05, 0) is 32.4 Å². The molecule has 2 aromatic rings. The smallest absolute Gasteiger partial charge is 0.236 e. The molecule has 0 saturated carbocycles. The lowest BCUT2D eigenvalue weighted by molar-refractivity contribution is -0.122. The van der Waals surface area contributed by atoms with Gasteiger partial charge in [0.2, 0.25) is 5.91 Å². The number of nitrogens with zero attached hydrogens (tertiary/aromatic N) is 2. The number of hydrogen-bond acceptors (Lipinski definition) is 3. The molecule has 0 radical (unpaired) electrons. The minimum Gasteiger partial charge on any atom is -0.355 e. The molecule has 1 aromatic carbocycles. The van der Waals surface area contributed by atoms with E-state index in [-0.39, 0.29) is 11.9 Å². The van der Waals surface area contributed by atoms with Gasteiger partial charge in [-0.25, -0.2) is 4.98 Å². The molecule has 1 heterocycles. The van der Waals surface area contributed by atoms with E-state index in [1.165, 1.54) is 0 Å². The number of imidazole rings is 1. The zero-order valence-electron chi connectivity index (χ0n) is 13.0. The van der Waals surface area contributed by atoms with Crippen molar-refractivity contribution in [2.45, 2.75) is 46.3 Å². The van der Waals surface area contributed by atoms with Crippen molar-refractivity contribution in [3.63, 3.8) is 0 Å². The van der Waals surface area contributed by atoms with Crippen LogP contribution in [-0.2, 0) is 17.9 Å². The Morgan fingerprint density at radius 2 is 2.10 bits per heavy atom. The zero-order valence-corrected chi connectivity index (χ0v) is 13.0. The van der Waals surface area contributed by atoms with Gasteiger partial charge in [-0.15, -0.1) is 0 Å². The molecule has 1 aromatic heterocycles. The topological polar surface area (TPSA) is 59.0 Å². The van der Waals surface area contributed by atoms with Crippen LogP contribution in [0.25, 0.3) is 11.0 Å². The quantitative estimate of drug-likeness (QED) is 0.820. The summed E-state index contributed by atoms with van der Waals surface area (Å²) in [6, 6.07) is 7.89. The molecule has 5 nitrogen and oxygen atoms in total. The van der Waals surface area contributed by atoms with Crippen molar-refractivity contribution in [2.24, 2.45) is 0 Å². The minimum atomic E-state index is -0.221. The number of nitrogens with one attached hydrogen (secondary N) is 2. The molecule has 2 N–H and O–H groups in total. The van der Waals surface area contributed by atoms with Gasteiger partial charge in [-0.3, -0.25) is 10.1 Å². The van der Waals surface area contributed by atoms with E-state index in [9.17, 15) is 4.79 Å². The Bertz CT molecular complexity index is 605. The van der Waals surface area contributed by atoms with Gasteiger partial charge in [0.15, 0.2) is 0 Å². The number of rotatable bonds is 7. The number of carbonyl (C=O) groups excluding carboxylic acids is 1. The molecule has 0 spiro atoms. The molecule has 2 rings (SSSR count). The van der Waals surface area contributed by atoms with Crippen LogP contribution in [0.15, 0.2) is 24.3 Å². The number of aryl methyl sites for hydroxylation is 1.